The number of hydrogen-bond acceptors (Lipinski definition) is 5. The molecule has 0 saturated heterocycles. The highest BCUT2D eigenvalue weighted by molar-refractivity contribution is 7.14. The minimum Gasteiger partial charge on any atom is -0.330 e. The summed E-state index contributed by atoms with van der Waals surface area (Å²) >= 11 is 7.30. The molecule has 0 saturated carbocycles. The smallest absolute Gasteiger partial charge is 0.231 e. The largest absolute Gasteiger partial charge is 0.330 e. The van der Waals surface area contributed by atoms with Gasteiger partial charge in [0.2, 0.25) is 5.91 Å². The highest BCUT2D eigenvalue weighted by atomic mass is 35.5. The van der Waals surface area contributed by atoms with Gasteiger partial charge in [0.05, 0.1) is 24.0 Å². The molecule has 1 aliphatic rings. The van der Waals surface area contributed by atoms with Gasteiger partial charge >= 0.3 is 0 Å². The summed E-state index contributed by atoms with van der Waals surface area (Å²) in [6.45, 7) is 0. The Kier molecular flexibility index (Phi) is 3.70. The van der Waals surface area contributed by atoms with Crippen LogP contribution in [0.15, 0.2) is 41.9 Å². The number of nitrogens with one attached hydrogen (secondary N) is 1. The lowest BCUT2D eigenvalue weighted by atomic mass is 10.1. The van der Waals surface area contributed by atoms with Crippen LogP contribution in [0.25, 0.3) is 11.3 Å². The van der Waals surface area contributed by atoms with Crippen molar-refractivity contribution in [2.75, 3.05) is 17.3 Å². The second-order valence-electron chi connectivity index (χ2n) is 5.51. The molecule has 24 heavy (non-hydrogen) atoms. The number of rotatable bonds is 3. The number of pyridine rings is 1. The number of hydrogen-bond donors (Lipinski definition) is 1. The minimum absolute atomic E-state index is 0.123. The Morgan fingerprint density at radius 3 is 2.96 bits per heavy atom. The molecule has 0 radical (unpaired) electrons. The van der Waals surface area contributed by atoms with E-state index in [1.54, 1.807) is 24.2 Å². The van der Waals surface area contributed by atoms with Gasteiger partial charge in [0.1, 0.15) is 5.15 Å². The lowest BCUT2D eigenvalue weighted by Crippen LogP contribution is -2.20. The Balaban J connectivity index is 1.58. The van der Waals surface area contributed by atoms with Crippen LogP contribution >= 0.6 is 22.9 Å². The van der Waals surface area contributed by atoms with Gasteiger partial charge in [-0.15, -0.1) is 11.3 Å². The van der Waals surface area contributed by atoms with Crippen molar-refractivity contribution < 1.29 is 4.79 Å². The van der Waals surface area contributed by atoms with Crippen LogP contribution in [0, 0.1) is 0 Å². The van der Waals surface area contributed by atoms with Crippen LogP contribution in [0.1, 0.15) is 5.56 Å². The number of benzene rings is 1. The molecule has 1 aliphatic heterocycles. The molecule has 120 valence electrons. The highest BCUT2D eigenvalue weighted by Gasteiger charge is 2.24. The zero-order valence-corrected chi connectivity index (χ0v) is 14.4. The summed E-state index contributed by atoms with van der Waals surface area (Å²) in [5.74, 6) is 0.123. The molecular formula is C17H13ClN4OS. The van der Waals surface area contributed by atoms with Crippen molar-refractivity contribution in [1.29, 1.82) is 0 Å². The van der Waals surface area contributed by atoms with E-state index in [4.69, 9.17) is 11.6 Å². The first-order valence-electron chi connectivity index (χ1n) is 7.34. The number of fused-ring (bicyclic) bond motifs is 1. The molecule has 0 bridgehead atoms. The number of carbonyl (C=O) groups excluding carboxylic acids is 1. The molecule has 0 unspecified atom stereocenters. The topological polar surface area (TPSA) is 58.1 Å². The fraction of sp³-hybridized carbons (Fsp3) is 0.118. The second-order valence-corrected chi connectivity index (χ2v) is 6.75. The van der Waals surface area contributed by atoms with Crippen LogP contribution < -0.4 is 10.2 Å². The first kappa shape index (κ1) is 15.1. The fourth-order valence-electron chi connectivity index (χ4n) is 2.67. The monoisotopic (exact) mass is 356 g/mol. The van der Waals surface area contributed by atoms with Crippen LogP contribution in [0.5, 0.6) is 0 Å². The summed E-state index contributed by atoms with van der Waals surface area (Å²) in [6, 6.07) is 9.60. The third kappa shape index (κ3) is 2.74. The molecule has 3 aromatic rings. The van der Waals surface area contributed by atoms with Crippen molar-refractivity contribution in [3.8, 4) is 11.3 Å². The molecular weight excluding hydrogens is 344 g/mol. The molecule has 5 nitrogen and oxygen atoms in total. The van der Waals surface area contributed by atoms with E-state index in [1.807, 2.05) is 29.6 Å². The number of nitrogens with zero attached hydrogens (tertiary/aromatic N) is 3. The molecule has 0 aliphatic carbocycles. The van der Waals surface area contributed by atoms with Gasteiger partial charge in [-0.25, -0.2) is 9.97 Å². The van der Waals surface area contributed by atoms with E-state index < -0.39 is 0 Å². The third-order valence-electron chi connectivity index (χ3n) is 3.94. The maximum Gasteiger partial charge on any atom is 0.231 e. The van der Waals surface area contributed by atoms with E-state index in [0.29, 0.717) is 11.6 Å². The SMILES string of the molecule is CN1C(=O)Cc2cc(-c3csc(Nc4ccc(Cl)nc4)n3)ccc21. The van der Waals surface area contributed by atoms with Gasteiger partial charge in [0.15, 0.2) is 5.13 Å². The molecule has 0 fully saturated rings. The van der Waals surface area contributed by atoms with Crippen molar-refractivity contribution in [1.82, 2.24) is 9.97 Å². The predicted molar refractivity (Wildman–Crippen MR) is 97.2 cm³/mol. The molecule has 2 aromatic heterocycles. The summed E-state index contributed by atoms with van der Waals surface area (Å²) in [5, 5.41) is 6.44. The van der Waals surface area contributed by atoms with E-state index in [2.05, 4.69) is 15.3 Å². The first-order valence-corrected chi connectivity index (χ1v) is 8.60. The lowest BCUT2D eigenvalue weighted by molar-refractivity contribution is -0.117. The number of halogens is 1. The van der Waals surface area contributed by atoms with Crippen LogP contribution in [0.2, 0.25) is 5.15 Å². The molecule has 0 atom stereocenters. The average molecular weight is 357 g/mol. The van der Waals surface area contributed by atoms with Gasteiger partial charge in [-0.1, -0.05) is 17.7 Å². The number of thiazole rings is 1. The second kappa shape index (κ2) is 5.89. The average Bonchev–Trinajstić information content (AvgIpc) is 3.15. The zero-order chi connectivity index (χ0) is 16.7. The van der Waals surface area contributed by atoms with Gasteiger partial charge < -0.3 is 10.2 Å². The molecule has 1 amide bonds. The molecule has 1 aromatic carbocycles. The summed E-state index contributed by atoms with van der Waals surface area (Å²) in [5.41, 5.74) is 4.75. The van der Waals surface area contributed by atoms with Crippen LogP contribution in [0.3, 0.4) is 0 Å². The maximum absolute atomic E-state index is 11.8. The Morgan fingerprint density at radius 1 is 1.29 bits per heavy atom. The van der Waals surface area contributed by atoms with E-state index in [1.165, 1.54) is 11.3 Å². The highest BCUT2D eigenvalue weighted by Crippen LogP contribution is 2.33. The van der Waals surface area contributed by atoms with Gasteiger partial charge in [0.25, 0.3) is 0 Å². The summed E-state index contributed by atoms with van der Waals surface area (Å²) in [7, 11) is 1.80. The maximum atomic E-state index is 11.8. The molecule has 7 heteroatoms. The number of carbonyl (C=O) groups is 1. The van der Waals surface area contributed by atoms with E-state index >= 15 is 0 Å². The first-order chi connectivity index (χ1) is 11.6. The zero-order valence-electron chi connectivity index (χ0n) is 12.8. The Hall–Kier alpha value is -2.44. The van der Waals surface area contributed by atoms with Crippen molar-refractivity contribution in [3.63, 3.8) is 0 Å². The predicted octanol–water partition coefficient (Wildman–Crippen LogP) is 4.12. The van der Waals surface area contributed by atoms with Crippen molar-refractivity contribution in [2.45, 2.75) is 6.42 Å². The number of amides is 1. The van der Waals surface area contributed by atoms with Gasteiger partial charge in [-0.3, -0.25) is 4.79 Å². The molecule has 3 heterocycles. The van der Waals surface area contributed by atoms with E-state index in [9.17, 15) is 4.79 Å². The lowest BCUT2D eigenvalue weighted by Gasteiger charge is -2.09. The van der Waals surface area contributed by atoms with Gasteiger partial charge in [-0.05, 0) is 29.8 Å². The normalized spacial score (nSPS) is 13.2. The molecule has 0 spiro atoms. The summed E-state index contributed by atoms with van der Waals surface area (Å²) in [4.78, 5) is 22.1. The number of anilines is 3. The Bertz CT molecular complexity index is 923. The standard InChI is InChI=1S/C17H13ClN4OS/c1-22-14-4-2-10(6-11(14)7-16(22)23)13-9-24-17(21-13)20-12-3-5-15(18)19-8-12/h2-6,8-9H,7H2,1H3,(H,20,21). The van der Waals surface area contributed by atoms with E-state index in [0.717, 1.165) is 33.3 Å². The van der Waals surface area contributed by atoms with Crippen LogP contribution in [-0.4, -0.2) is 22.9 Å². The quantitative estimate of drug-likeness (QED) is 0.717. The van der Waals surface area contributed by atoms with Crippen LogP contribution in [-0.2, 0) is 11.2 Å². The number of aromatic nitrogens is 2. The summed E-state index contributed by atoms with van der Waals surface area (Å²) in [6.07, 6.45) is 2.12. The Morgan fingerprint density at radius 2 is 2.17 bits per heavy atom. The van der Waals surface area contributed by atoms with Gasteiger partial charge in [-0.2, -0.15) is 0 Å². The fourth-order valence-corrected chi connectivity index (χ4v) is 3.52. The molecule has 1 N–H and O–H groups in total. The van der Waals surface area contributed by atoms with E-state index in [-0.39, 0.29) is 5.91 Å². The van der Waals surface area contributed by atoms with Gasteiger partial charge in [0, 0.05) is 23.7 Å². The summed E-state index contributed by atoms with van der Waals surface area (Å²) < 4.78 is 0. The molecule has 4 rings (SSSR count). The minimum atomic E-state index is 0.123. The van der Waals surface area contributed by atoms with Crippen molar-refractivity contribution in [3.05, 3.63) is 52.6 Å². The Labute approximate surface area is 147 Å². The van der Waals surface area contributed by atoms with Crippen molar-refractivity contribution >= 4 is 45.4 Å². The third-order valence-corrected chi connectivity index (χ3v) is 4.92. The number of likely N-dealkylation sites (N-methyl/N-ethyl adjacent to an activating group) is 1. The van der Waals surface area contributed by atoms with Crippen molar-refractivity contribution in [2.24, 2.45) is 0 Å². The van der Waals surface area contributed by atoms with Crippen LogP contribution in [0.4, 0.5) is 16.5 Å².